The van der Waals surface area contributed by atoms with Gasteiger partial charge in [-0.3, -0.25) is 4.79 Å². The van der Waals surface area contributed by atoms with Gasteiger partial charge in [-0.1, -0.05) is 12.1 Å². The monoisotopic (exact) mass is 278 g/mol. The van der Waals surface area contributed by atoms with Gasteiger partial charge >= 0.3 is 6.03 Å². The fourth-order valence-electron chi connectivity index (χ4n) is 1.77. The van der Waals surface area contributed by atoms with E-state index in [-0.39, 0.29) is 18.6 Å². The fraction of sp³-hybridized carbons (Fsp3) is 0.429. The van der Waals surface area contributed by atoms with Gasteiger partial charge in [0.2, 0.25) is 5.91 Å². The van der Waals surface area contributed by atoms with E-state index in [9.17, 15) is 9.59 Å². The van der Waals surface area contributed by atoms with E-state index in [0.717, 1.165) is 5.56 Å². The second kappa shape index (κ2) is 7.49. The van der Waals surface area contributed by atoms with Crippen LogP contribution < -0.4 is 16.4 Å². The molecule has 1 atom stereocenters. The summed E-state index contributed by atoms with van der Waals surface area (Å²) in [5.41, 5.74) is 6.88. The Balaban J connectivity index is 2.76. The van der Waals surface area contributed by atoms with E-state index in [4.69, 9.17) is 5.73 Å². The summed E-state index contributed by atoms with van der Waals surface area (Å²) < 4.78 is 0. The van der Waals surface area contributed by atoms with E-state index in [1.54, 1.807) is 6.92 Å². The number of anilines is 1. The minimum atomic E-state index is -0.528. The Labute approximate surface area is 119 Å². The number of nitrogens with one attached hydrogen (secondary N) is 2. The number of carbonyl (C=O) groups excluding carboxylic acids is 2. The van der Waals surface area contributed by atoms with Crippen molar-refractivity contribution in [3.63, 3.8) is 0 Å². The van der Waals surface area contributed by atoms with Crippen LogP contribution in [-0.4, -0.2) is 37.0 Å². The summed E-state index contributed by atoms with van der Waals surface area (Å²) in [7, 11) is 1.88. The second-order valence-corrected chi connectivity index (χ2v) is 4.55. The molecule has 0 saturated heterocycles. The lowest BCUT2D eigenvalue weighted by Crippen LogP contribution is -2.40. The van der Waals surface area contributed by atoms with Gasteiger partial charge in [0.1, 0.15) is 6.54 Å². The molecule has 1 unspecified atom stereocenters. The van der Waals surface area contributed by atoms with Crippen molar-refractivity contribution in [2.45, 2.75) is 19.9 Å². The summed E-state index contributed by atoms with van der Waals surface area (Å²) in [6.07, 6.45) is 0. The van der Waals surface area contributed by atoms with Crippen LogP contribution in [0, 0.1) is 0 Å². The maximum absolute atomic E-state index is 12.0. The smallest absolute Gasteiger partial charge is 0.322 e. The molecule has 1 aromatic carbocycles. The lowest BCUT2D eigenvalue weighted by molar-refractivity contribution is -0.118. The third kappa shape index (κ3) is 4.55. The van der Waals surface area contributed by atoms with Gasteiger partial charge in [0.05, 0.1) is 0 Å². The predicted octanol–water partition coefficient (Wildman–Crippen LogP) is 1.31. The zero-order valence-electron chi connectivity index (χ0n) is 12.1. The molecule has 0 aliphatic rings. The minimum Gasteiger partial charge on any atom is -0.368 e. The molecule has 6 heteroatoms. The van der Waals surface area contributed by atoms with Crippen molar-refractivity contribution < 1.29 is 9.59 Å². The van der Waals surface area contributed by atoms with Crippen LogP contribution in [0.3, 0.4) is 0 Å². The van der Waals surface area contributed by atoms with Crippen LogP contribution in [0.25, 0.3) is 0 Å². The first-order valence-electron chi connectivity index (χ1n) is 6.59. The van der Waals surface area contributed by atoms with Crippen molar-refractivity contribution in [2.24, 2.45) is 5.73 Å². The second-order valence-electron chi connectivity index (χ2n) is 4.55. The maximum Gasteiger partial charge on any atom is 0.322 e. The Kier molecular flexibility index (Phi) is 5.99. The first-order valence-corrected chi connectivity index (χ1v) is 6.59. The van der Waals surface area contributed by atoms with Gasteiger partial charge in [-0.2, -0.15) is 0 Å². The third-order valence-electron chi connectivity index (χ3n) is 3.09. The van der Waals surface area contributed by atoms with Gasteiger partial charge < -0.3 is 21.3 Å². The van der Waals surface area contributed by atoms with Crippen LogP contribution in [0.5, 0.6) is 0 Å². The Morgan fingerprint density at radius 1 is 1.40 bits per heavy atom. The summed E-state index contributed by atoms with van der Waals surface area (Å²) in [5, 5.41) is 5.91. The van der Waals surface area contributed by atoms with E-state index in [2.05, 4.69) is 10.6 Å². The molecule has 20 heavy (non-hydrogen) atoms. The Hall–Kier alpha value is -2.08. The molecule has 1 aromatic rings. The number of carbonyl (C=O) groups is 2. The number of amides is 3. The highest BCUT2D eigenvalue weighted by molar-refractivity contribution is 5.92. The number of rotatable bonds is 6. The number of benzene rings is 1. The van der Waals surface area contributed by atoms with E-state index in [0.29, 0.717) is 12.2 Å². The molecule has 0 aliphatic carbocycles. The highest BCUT2D eigenvalue weighted by Crippen LogP contribution is 2.17. The Morgan fingerprint density at radius 2 is 2.10 bits per heavy atom. The highest BCUT2D eigenvalue weighted by atomic mass is 16.2. The molecule has 0 aliphatic heterocycles. The Morgan fingerprint density at radius 3 is 2.65 bits per heavy atom. The molecule has 0 spiro atoms. The number of urea groups is 1. The van der Waals surface area contributed by atoms with Gasteiger partial charge in [-0.25, -0.2) is 4.79 Å². The van der Waals surface area contributed by atoms with Crippen LogP contribution in [0.2, 0.25) is 0 Å². The molecule has 4 N–H and O–H groups in total. The average molecular weight is 278 g/mol. The topological polar surface area (TPSA) is 87.5 Å². The van der Waals surface area contributed by atoms with E-state index >= 15 is 0 Å². The molecular weight excluding hydrogens is 256 g/mol. The lowest BCUT2D eigenvalue weighted by atomic mass is 10.1. The van der Waals surface area contributed by atoms with Crippen LogP contribution in [0.1, 0.15) is 25.5 Å². The molecule has 0 saturated carbocycles. The van der Waals surface area contributed by atoms with Crippen molar-refractivity contribution in [3.8, 4) is 0 Å². The summed E-state index contributed by atoms with van der Waals surface area (Å²) in [6, 6.07) is 7.43. The first-order chi connectivity index (χ1) is 9.47. The number of primary amides is 1. The SMILES string of the molecule is CCN(CC(N)=O)C(=O)Nc1cccc(C(C)NC)c1. The molecule has 0 bridgehead atoms. The molecule has 0 aromatic heterocycles. The van der Waals surface area contributed by atoms with Crippen LogP contribution >= 0.6 is 0 Å². The fourth-order valence-corrected chi connectivity index (χ4v) is 1.77. The molecule has 1 rings (SSSR count). The number of likely N-dealkylation sites (N-methyl/N-ethyl adjacent to an activating group) is 1. The van der Waals surface area contributed by atoms with Gasteiger partial charge in [-0.05, 0) is 38.6 Å². The zero-order valence-corrected chi connectivity index (χ0v) is 12.1. The van der Waals surface area contributed by atoms with Crippen molar-refractivity contribution in [2.75, 3.05) is 25.5 Å². The largest absolute Gasteiger partial charge is 0.368 e. The number of nitrogens with zero attached hydrogens (tertiary/aromatic N) is 1. The molecule has 0 heterocycles. The molecule has 0 radical (unpaired) electrons. The quantitative estimate of drug-likeness (QED) is 0.733. The van der Waals surface area contributed by atoms with E-state index in [1.807, 2.05) is 38.2 Å². The predicted molar refractivity (Wildman–Crippen MR) is 79.4 cm³/mol. The zero-order chi connectivity index (χ0) is 15.1. The van der Waals surface area contributed by atoms with Crippen LogP contribution in [-0.2, 0) is 4.79 Å². The van der Waals surface area contributed by atoms with E-state index < -0.39 is 5.91 Å². The van der Waals surface area contributed by atoms with Gasteiger partial charge in [0.15, 0.2) is 0 Å². The maximum atomic E-state index is 12.0. The summed E-state index contributed by atoms with van der Waals surface area (Å²) in [4.78, 5) is 24.3. The number of hydrogen-bond acceptors (Lipinski definition) is 3. The molecular formula is C14H22N4O2. The van der Waals surface area contributed by atoms with Crippen molar-refractivity contribution in [3.05, 3.63) is 29.8 Å². The summed E-state index contributed by atoms with van der Waals surface area (Å²) >= 11 is 0. The molecule has 6 nitrogen and oxygen atoms in total. The standard InChI is InChI=1S/C14H22N4O2/c1-4-18(9-13(15)19)14(20)17-12-7-5-6-11(8-12)10(2)16-3/h5-8,10,16H,4,9H2,1-3H3,(H2,15,19)(H,17,20). The normalized spacial score (nSPS) is 11.8. The average Bonchev–Trinajstić information content (AvgIpc) is 2.43. The number of hydrogen-bond donors (Lipinski definition) is 3. The van der Waals surface area contributed by atoms with E-state index in [1.165, 1.54) is 4.90 Å². The van der Waals surface area contributed by atoms with Crippen molar-refractivity contribution in [1.82, 2.24) is 10.2 Å². The highest BCUT2D eigenvalue weighted by Gasteiger charge is 2.14. The summed E-state index contributed by atoms with van der Waals surface area (Å²) in [5.74, 6) is -0.528. The van der Waals surface area contributed by atoms with Crippen molar-refractivity contribution in [1.29, 1.82) is 0 Å². The third-order valence-corrected chi connectivity index (χ3v) is 3.09. The first kappa shape index (κ1) is 16.0. The number of nitrogens with two attached hydrogens (primary N) is 1. The van der Waals surface area contributed by atoms with Gasteiger partial charge in [0.25, 0.3) is 0 Å². The summed E-state index contributed by atoms with van der Waals surface area (Å²) in [6.45, 7) is 4.16. The van der Waals surface area contributed by atoms with Gasteiger partial charge in [0, 0.05) is 18.3 Å². The molecule has 110 valence electrons. The van der Waals surface area contributed by atoms with Crippen molar-refractivity contribution >= 4 is 17.6 Å². The lowest BCUT2D eigenvalue weighted by Gasteiger charge is -2.20. The van der Waals surface area contributed by atoms with Gasteiger partial charge in [-0.15, -0.1) is 0 Å². The van der Waals surface area contributed by atoms with Crippen LogP contribution in [0.4, 0.5) is 10.5 Å². The Bertz CT molecular complexity index is 476. The molecule has 0 fully saturated rings. The minimum absolute atomic E-state index is 0.0884. The molecule has 3 amide bonds. The van der Waals surface area contributed by atoms with Crippen LogP contribution in [0.15, 0.2) is 24.3 Å².